The Bertz CT molecular complexity index is 341. The molecule has 0 saturated carbocycles. The van der Waals surface area contributed by atoms with Crippen LogP contribution in [0.4, 0.5) is 0 Å². The van der Waals surface area contributed by atoms with E-state index >= 15 is 0 Å². The Balaban J connectivity index is 0. The van der Waals surface area contributed by atoms with Crippen molar-refractivity contribution in [3.8, 4) is 0 Å². The zero-order valence-corrected chi connectivity index (χ0v) is 15.0. The topological polar surface area (TPSA) is 25.8 Å². The summed E-state index contributed by atoms with van der Waals surface area (Å²) in [6.45, 7) is 8.00. The molecule has 0 bridgehead atoms. The van der Waals surface area contributed by atoms with E-state index in [4.69, 9.17) is 0 Å². The Hall–Kier alpha value is -1.00. The zero-order chi connectivity index (χ0) is 15.6. The molecular weight excluding hydrogens is 284 g/mol. The van der Waals surface area contributed by atoms with Crippen molar-refractivity contribution in [3.63, 3.8) is 0 Å². The summed E-state index contributed by atoms with van der Waals surface area (Å²) in [6, 6.07) is 7.96. The molecule has 0 aliphatic rings. The van der Waals surface area contributed by atoms with Gasteiger partial charge in [0.15, 0.2) is 0 Å². The van der Waals surface area contributed by atoms with Crippen molar-refractivity contribution in [2.24, 2.45) is 0 Å². The molecule has 0 saturated heterocycles. The number of pyridine rings is 2. The molecular formula is C16H26N2S2. The van der Waals surface area contributed by atoms with Crippen LogP contribution in [-0.2, 0) is 0 Å². The van der Waals surface area contributed by atoms with Crippen LogP contribution in [0.3, 0.4) is 0 Å². The molecule has 0 aliphatic carbocycles. The fourth-order valence-corrected chi connectivity index (χ4v) is 1.72. The van der Waals surface area contributed by atoms with Crippen molar-refractivity contribution < 1.29 is 0 Å². The number of nitrogens with zero attached hydrogens (tertiary/aromatic N) is 2. The van der Waals surface area contributed by atoms with Crippen LogP contribution in [-0.4, -0.2) is 22.5 Å². The average molecular weight is 311 g/mol. The lowest BCUT2D eigenvalue weighted by atomic mass is 10.5. The van der Waals surface area contributed by atoms with Gasteiger partial charge in [-0.3, -0.25) is 9.97 Å². The van der Waals surface area contributed by atoms with Gasteiger partial charge in [-0.05, 0) is 36.8 Å². The molecule has 0 atom stereocenters. The van der Waals surface area contributed by atoms with Gasteiger partial charge in [0, 0.05) is 34.6 Å². The van der Waals surface area contributed by atoms with Gasteiger partial charge in [-0.15, -0.1) is 23.5 Å². The van der Waals surface area contributed by atoms with E-state index < -0.39 is 0 Å². The lowest BCUT2D eigenvalue weighted by Gasteiger charge is -1.88. The predicted molar refractivity (Wildman–Crippen MR) is 94.7 cm³/mol. The molecule has 0 aromatic carbocycles. The van der Waals surface area contributed by atoms with Gasteiger partial charge < -0.3 is 0 Å². The maximum Gasteiger partial charge on any atom is 0.0403 e. The van der Waals surface area contributed by atoms with Crippen molar-refractivity contribution in [2.45, 2.75) is 37.5 Å². The monoisotopic (exact) mass is 310 g/mol. The van der Waals surface area contributed by atoms with Crippen molar-refractivity contribution in [1.82, 2.24) is 9.97 Å². The van der Waals surface area contributed by atoms with Crippen LogP contribution in [0, 0.1) is 0 Å². The van der Waals surface area contributed by atoms with Crippen LogP contribution < -0.4 is 0 Å². The third-order valence-corrected chi connectivity index (χ3v) is 3.21. The van der Waals surface area contributed by atoms with Crippen molar-refractivity contribution in [2.75, 3.05) is 12.5 Å². The molecule has 2 aromatic rings. The lowest BCUT2D eigenvalue weighted by Crippen LogP contribution is -1.69. The molecule has 20 heavy (non-hydrogen) atoms. The molecule has 0 unspecified atom stereocenters. The van der Waals surface area contributed by atoms with Gasteiger partial charge in [0.1, 0.15) is 0 Å². The van der Waals surface area contributed by atoms with E-state index in [9.17, 15) is 0 Å². The summed E-state index contributed by atoms with van der Waals surface area (Å²) in [4.78, 5) is 10.3. The quantitative estimate of drug-likeness (QED) is 0.668. The second kappa shape index (κ2) is 18.0. The van der Waals surface area contributed by atoms with Gasteiger partial charge in [-0.1, -0.05) is 27.7 Å². The third kappa shape index (κ3) is 12.1. The number of thioether (sulfide) groups is 2. The third-order valence-electron chi connectivity index (χ3n) is 1.76. The van der Waals surface area contributed by atoms with Gasteiger partial charge in [0.25, 0.3) is 0 Å². The van der Waals surface area contributed by atoms with Crippen molar-refractivity contribution >= 4 is 23.5 Å². The minimum absolute atomic E-state index is 1.22. The zero-order valence-electron chi connectivity index (χ0n) is 13.3. The van der Waals surface area contributed by atoms with Gasteiger partial charge in [-0.25, -0.2) is 0 Å². The van der Waals surface area contributed by atoms with Crippen LogP contribution in [0.5, 0.6) is 0 Å². The number of rotatable bonds is 2. The Morgan fingerprint density at radius 2 is 1.25 bits per heavy atom. The molecule has 0 N–H and O–H groups in total. The Kier molecular flexibility index (Phi) is 19.2. The summed E-state index contributed by atoms with van der Waals surface area (Å²) in [7, 11) is 0. The highest BCUT2D eigenvalue weighted by Crippen LogP contribution is 2.10. The molecule has 0 amide bonds. The Labute approximate surface area is 132 Å². The van der Waals surface area contributed by atoms with Crippen molar-refractivity contribution in [3.05, 3.63) is 49.1 Å². The molecule has 0 fully saturated rings. The summed E-state index contributed by atoms with van der Waals surface area (Å²) in [5.74, 6) is 0. The SMILES string of the molecule is CC.CC.CSc1cccnc1.CSc1ccncc1. The first-order chi connectivity index (χ1) is 9.86. The van der Waals surface area contributed by atoms with Gasteiger partial charge in [0.2, 0.25) is 0 Å². The summed E-state index contributed by atoms with van der Waals surface area (Å²) in [5, 5.41) is 0. The molecule has 0 spiro atoms. The van der Waals surface area contributed by atoms with Gasteiger partial charge in [-0.2, -0.15) is 0 Å². The number of hydrogen-bond acceptors (Lipinski definition) is 4. The summed E-state index contributed by atoms with van der Waals surface area (Å²) in [6.07, 6.45) is 11.3. The average Bonchev–Trinajstić information content (AvgIpc) is 2.60. The van der Waals surface area contributed by atoms with E-state index in [0.29, 0.717) is 0 Å². The van der Waals surface area contributed by atoms with Crippen LogP contribution in [0.2, 0.25) is 0 Å². The highest BCUT2D eigenvalue weighted by molar-refractivity contribution is 7.98. The van der Waals surface area contributed by atoms with E-state index in [0.717, 1.165) is 0 Å². The number of aromatic nitrogens is 2. The summed E-state index contributed by atoms with van der Waals surface area (Å²) in [5.41, 5.74) is 0. The summed E-state index contributed by atoms with van der Waals surface area (Å²) >= 11 is 3.44. The molecule has 2 aromatic heterocycles. The smallest absolute Gasteiger partial charge is 0.0403 e. The van der Waals surface area contributed by atoms with Crippen LogP contribution in [0.15, 0.2) is 58.8 Å². The minimum atomic E-state index is 1.22. The largest absolute Gasteiger partial charge is 0.265 e. The van der Waals surface area contributed by atoms with Crippen LogP contribution >= 0.6 is 23.5 Å². The molecule has 0 radical (unpaired) electrons. The molecule has 112 valence electrons. The second-order valence-corrected chi connectivity index (χ2v) is 4.54. The molecule has 0 aliphatic heterocycles. The van der Waals surface area contributed by atoms with E-state index in [1.54, 1.807) is 42.1 Å². The Morgan fingerprint density at radius 3 is 1.55 bits per heavy atom. The molecule has 2 heterocycles. The fraction of sp³-hybridized carbons (Fsp3) is 0.375. The fourth-order valence-electron chi connectivity index (χ4n) is 0.942. The first kappa shape index (κ1) is 21.3. The van der Waals surface area contributed by atoms with Crippen LogP contribution in [0.25, 0.3) is 0 Å². The molecule has 2 nitrogen and oxygen atoms in total. The standard InChI is InChI=1S/2C6H7NS.2C2H6/c1-8-6-2-4-7-5-3-6;1-8-6-3-2-4-7-5-6;2*1-2/h2*2-5H,1H3;2*1-2H3. The van der Waals surface area contributed by atoms with E-state index in [1.807, 2.05) is 64.4 Å². The summed E-state index contributed by atoms with van der Waals surface area (Å²) < 4.78 is 0. The van der Waals surface area contributed by atoms with E-state index in [-0.39, 0.29) is 0 Å². The molecule has 4 heteroatoms. The first-order valence-electron chi connectivity index (χ1n) is 6.75. The normalized spacial score (nSPS) is 7.90. The highest BCUT2D eigenvalue weighted by atomic mass is 32.2. The minimum Gasteiger partial charge on any atom is -0.265 e. The first-order valence-corrected chi connectivity index (χ1v) is 9.20. The second-order valence-electron chi connectivity index (χ2n) is 2.78. The van der Waals surface area contributed by atoms with E-state index in [1.165, 1.54) is 9.79 Å². The Morgan fingerprint density at radius 1 is 0.700 bits per heavy atom. The highest BCUT2D eigenvalue weighted by Gasteiger charge is 1.82. The van der Waals surface area contributed by atoms with Crippen LogP contribution in [0.1, 0.15) is 27.7 Å². The van der Waals surface area contributed by atoms with Gasteiger partial charge in [0.05, 0.1) is 0 Å². The maximum absolute atomic E-state index is 3.93. The van der Waals surface area contributed by atoms with E-state index in [2.05, 4.69) is 16.2 Å². The molecule has 2 rings (SSSR count). The number of hydrogen-bond donors (Lipinski definition) is 0. The maximum atomic E-state index is 3.93. The predicted octanol–water partition coefficient (Wildman–Crippen LogP) is 5.66. The van der Waals surface area contributed by atoms with Crippen molar-refractivity contribution in [1.29, 1.82) is 0 Å². The van der Waals surface area contributed by atoms with Gasteiger partial charge >= 0.3 is 0 Å². The lowest BCUT2D eigenvalue weighted by molar-refractivity contribution is 1.24.